The monoisotopic (exact) mass is 245 g/mol. The van der Waals surface area contributed by atoms with Crippen LogP contribution in [0.15, 0.2) is 36.7 Å². The van der Waals surface area contributed by atoms with Gasteiger partial charge in [0.15, 0.2) is 0 Å². The van der Waals surface area contributed by atoms with Crippen molar-refractivity contribution in [3.05, 3.63) is 47.8 Å². The number of rotatable bonds is 3. The van der Waals surface area contributed by atoms with Crippen LogP contribution in [-0.4, -0.2) is 32.7 Å². The Bertz CT molecular complexity index is 546. The zero-order valence-corrected chi connectivity index (χ0v) is 10.4. The summed E-state index contributed by atoms with van der Waals surface area (Å²) >= 11 is 0. The first-order chi connectivity index (χ1) is 8.56. The summed E-state index contributed by atoms with van der Waals surface area (Å²) in [6, 6.07) is 6.23. The Balaban J connectivity index is 2.07. The van der Waals surface area contributed by atoms with Crippen molar-refractivity contribution < 1.29 is 9.90 Å². The molecule has 18 heavy (non-hydrogen) atoms. The number of hydrogen-bond donors (Lipinski definition) is 1. The van der Waals surface area contributed by atoms with Gasteiger partial charge in [-0.2, -0.15) is 5.10 Å². The van der Waals surface area contributed by atoms with Gasteiger partial charge in [0, 0.05) is 38.0 Å². The minimum atomic E-state index is -0.0844. The summed E-state index contributed by atoms with van der Waals surface area (Å²) in [5.74, 6) is 0.0697. The van der Waals surface area contributed by atoms with Gasteiger partial charge in [0.05, 0.1) is 6.20 Å². The van der Waals surface area contributed by atoms with Crippen LogP contribution in [0.3, 0.4) is 0 Å². The molecule has 94 valence electrons. The van der Waals surface area contributed by atoms with E-state index in [1.165, 1.54) is 12.1 Å². The molecule has 0 unspecified atom stereocenters. The van der Waals surface area contributed by atoms with Crippen molar-refractivity contribution >= 4 is 5.91 Å². The van der Waals surface area contributed by atoms with Crippen molar-refractivity contribution in [2.24, 2.45) is 7.05 Å². The van der Waals surface area contributed by atoms with E-state index < -0.39 is 0 Å². The topological polar surface area (TPSA) is 58.4 Å². The summed E-state index contributed by atoms with van der Waals surface area (Å²) < 4.78 is 1.70. The fourth-order valence-corrected chi connectivity index (χ4v) is 1.72. The van der Waals surface area contributed by atoms with E-state index in [1.54, 1.807) is 35.0 Å². The van der Waals surface area contributed by atoms with E-state index in [0.717, 1.165) is 5.56 Å². The Morgan fingerprint density at radius 1 is 1.39 bits per heavy atom. The van der Waals surface area contributed by atoms with Crippen LogP contribution in [0, 0.1) is 0 Å². The lowest BCUT2D eigenvalue weighted by atomic mass is 10.2. The molecule has 0 spiro atoms. The molecule has 0 bridgehead atoms. The molecule has 1 amide bonds. The largest absolute Gasteiger partial charge is 0.508 e. The molecule has 0 aliphatic rings. The molecule has 2 rings (SSSR count). The molecular weight excluding hydrogens is 230 g/mol. The maximum absolute atomic E-state index is 12.1. The predicted molar refractivity (Wildman–Crippen MR) is 67.1 cm³/mol. The number of hydrogen-bond acceptors (Lipinski definition) is 3. The highest BCUT2D eigenvalue weighted by Gasteiger charge is 2.12. The second kappa shape index (κ2) is 4.91. The number of benzene rings is 1. The molecule has 5 nitrogen and oxygen atoms in total. The van der Waals surface area contributed by atoms with E-state index in [0.29, 0.717) is 12.1 Å². The summed E-state index contributed by atoms with van der Waals surface area (Å²) in [5.41, 5.74) is 1.53. The van der Waals surface area contributed by atoms with E-state index >= 15 is 0 Å². The van der Waals surface area contributed by atoms with Crippen molar-refractivity contribution in [1.82, 2.24) is 14.7 Å². The first kappa shape index (κ1) is 12.2. The third-order valence-corrected chi connectivity index (χ3v) is 2.64. The summed E-state index contributed by atoms with van der Waals surface area (Å²) in [7, 11) is 3.58. The maximum atomic E-state index is 12.1. The molecule has 5 heteroatoms. The SMILES string of the molecule is CN(Cc1cnn(C)c1)C(=O)c1ccc(O)cc1. The molecule has 0 fully saturated rings. The lowest BCUT2D eigenvalue weighted by Crippen LogP contribution is -2.25. The molecule has 0 radical (unpaired) electrons. The van der Waals surface area contributed by atoms with Crippen molar-refractivity contribution in [3.63, 3.8) is 0 Å². The van der Waals surface area contributed by atoms with Crippen molar-refractivity contribution in [3.8, 4) is 5.75 Å². The Hall–Kier alpha value is -2.30. The number of aromatic hydroxyl groups is 1. The van der Waals surface area contributed by atoms with Crippen molar-refractivity contribution in [1.29, 1.82) is 0 Å². The van der Waals surface area contributed by atoms with Crippen LogP contribution in [-0.2, 0) is 13.6 Å². The van der Waals surface area contributed by atoms with Crippen LogP contribution < -0.4 is 0 Å². The van der Waals surface area contributed by atoms with Crippen molar-refractivity contribution in [2.75, 3.05) is 7.05 Å². The Labute approximate surface area is 105 Å². The minimum absolute atomic E-state index is 0.0844. The van der Waals surface area contributed by atoms with E-state index in [2.05, 4.69) is 5.10 Å². The van der Waals surface area contributed by atoms with Gasteiger partial charge in [0.25, 0.3) is 5.91 Å². The number of phenols is 1. The van der Waals surface area contributed by atoms with Crippen LogP contribution in [0.5, 0.6) is 5.75 Å². The van der Waals surface area contributed by atoms with Crippen LogP contribution in [0.1, 0.15) is 15.9 Å². The van der Waals surface area contributed by atoms with Gasteiger partial charge in [0.1, 0.15) is 5.75 Å². The molecule has 0 aliphatic carbocycles. The van der Waals surface area contributed by atoms with Gasteiger partial charge in [-0.25, -0.2) is 0 Å². The summed E-state index contributed by atoms with van der Waals surface area (Å²) in [6.07, 6.45) is 3.61. The summed E-state index contributed by atoms with van der Waals surface area (Å²) in [4.78, 5) is 13.7. The highest BCUT2D eigenvalue weighted by molar-refractivity contribution is 5.94. The van der Waals surface area contributed by atoms with Crippen LogP contribution in [0.4, 0.5) is 0 Å². The van der Waals surface area contributed by atoms with Gasteiger partial charge in [-0.15, -0.1) is 0 Å². The number of carbonyl (C=O) groups is 1. The molecule has 0 saturated heterocycles. The molecule has 2 aromatic rings. The van der Waals surface area contributed by atoms with Crippen LogP contribution in [0.25, 0.3) is 0 Å². The normalized spacial score (nSPS) is 10.3. The standard InChI is InChI=1S/C13H15N3O2/c1-15(8-10-7-14-16(2)9-10)13(18)11-3-5-12(17)6-4-11/h3-7,9,17H,8H2,1-2H3. The molecule has 0 saturated carbocycles. The fraction of sp³-hybridized carbons (Fsp3) is 0.231. The van der Waals surface area contributed by atoms with Crippen LogP contribution >= 0.6 is 0 Å². The first-order valence-corrected chi connectivity index (χ1v) is 5.58. The highest BCUT2D eigenvalue weighted by atomic mass is 16.3. The lowest BCUT2D eigenvalue weighted by Gasteiger charge is -2.16. The average Bonchev–Trinajstić information content (AvgIpc) is 2.75. The van der Waals surface area contributed by atoms with Gasteiger partial charge in [0.2, 0.25) is 0 Å². The quantitative estimate of drug-likeness (QED) is 0.889. The third kappa shape index (κ3) is 2.68. The van der Waals surface area contributed by atoms with E-state index in [4.69, 9.17) is 0 Å². The predicted octanol–water partition coefficient (Wildman–Crippen LogP) is 1.40. The lowest BCUT2D eigenvalue weighted by molar-refractivity contribution is 0.0785. The Kier molecular flexibility index (Phi) is 3.32. The van der Waals surface area contributed by atoms with E-state index in [-0.39, 0.29) is 11.7 Å². The third-order valence-electron chi connectivity index (χ3n) is 2.64. The summed E-state index contributed by atoms with van der Waals surface area (Å²) in [5, 5.41) is 13.2. The second-order valence-corrected chi connectivity index (χ2v) is 4.23. The van der Waals surface area contributed by atoms with Gasteiger partial charge in [-0.1, -0.05) is 0 Å². The highest BCUT2D eigenvalue weighted by Crippen LogP contribution is 2.12. The Morgan fingerprint density at radius 2 is 2.06 bits per heavy atom. The zero-order chi connectivity index (χ0) is 13.1. The summed E-state index contributed by atoms with van der Waals surface area (Å²) in [6.45, 7) is 0.507. The fourth-order valence-electron chi connectivity index (χ4n) is 1.72. The molecular formula is C13H15N3O2. The van der Waals surface area contributed by atoms with Gasteiger partial charge in [-0.05, 0) is 24.3 Å². The average molecular weight is 245 g/mol. The number of carbonyl (C=O) groups excluding carboxylic acids is 1. The molecule has 1 aromatic carbocycles. The smallest absolute Gasteiger partial charge is 0.253 e. The number of amides is 1. The van der Waals surface area contributed by atoms with E-state index in [9.17, 15) is 9.90 Å². The Morgan fingerprint density at radius 3 is 2.61 bits per heavy atom. The molecule has 1 N–H and O–H groups in total. The van der Waals surface area contributed by atoms with Gasteiger partial charge in [-0.3, -0.25) is 9.48 Å². The zero-order valence-electron chi connectivity index (χ0n) is 10.4. The van der Waals surface area contributed by atoms with Crippen LogP contribution in [0.2, 0.25) is 0 Å². The van der Waals surface area contributed by atoms with E-state index in [1.807, 2.05) is 13.2 Å². The number of aryl methyl sites for hydroxylation is 1. The number of phenolic OH excluding ortho intramolecular Hbond substituents is 1. The van der Waals surface area contributed by atoms with Gasteiger partial charge < -0.3 is 10.0 Å². The number of nitrogens with zero attached hydrogens (tertiary/aromatic N) is 3. The van der Waals surface area contributed by atoms with Crippen molar-refractivity contribution in [2.45, 2.75) is 6.54 Å². The molecule has 0 aliphatic heterocycles. The second-order valence-electron chi connectivity index (χ2n) is 4.23. The number of aromatic nitrogens is 2. The minimum Gasteiger partial charge on any atom is -0.508 e. The molecule has 0 atom stereocenters. The first-order valence-electron chi connectivity index (χ1n) is 5.58. The maximum Gasteiger partial charge on any atom is 0.253 e. The van der Waals surface area contributed by atoms with Gasteiger partial charge >= 0.3 is 0 Å². The molecule has 1 aromatic heterocycles. The molecule has 1 heterocycles.